The molecule has 0 radical (unpaired) electrons. The van der Waals surface area contributed by atoms with Gasteiger partial charge >= 0.3 is 5.97 Å². The molecule has 2 heterocycles. The second kappa shape index (κ2) is 6.52. The van der Waals surface area contributed by atoms with Gasteiger partial charge in [0.25, 0.3) is 0 Å². The molecule has 0 aliphatic rings. The third kappa shape index (κ3) is 3.34. The molecule has 0 aliphatic heterocycles. The number of pyridine rings is 1. The number of para-hydroxylation sites is 1. The number of ether oxygens (including phenoxy) is 2. The number of rotatable bonds is 5. The minimum atomic E-state index is -0.415. The van der Waals surface area contributed by atoms with Crippen LogP contribution in [0.4, 0.5) is 0 Å². The molecule has 2 aromatic heterocycles. The van der Waals surface area contributed by atoms with Crippen LogP contribution in [0.2, 0.25) is 0 Å². The van der Waals surface area contributed by atoms with Gasteiger partial charge in [-0.15, -0.1) is 0 Å². The molecule has 5 nitrogen and oxygen atoms in total. The molecule has 118 valence electrons. The summed E-state index contributed by atoms with van der Waals surface area (Å²) in [7, 11) is 0. The summed E-state index contributed by atoms with van der Waals surface area (Å²) >= 11 is 0. The van der Waals surface area contributed by atoms with Crippen molar-refractivity contribution in [2.24, 2.45) is 0 Å². The predicted molar refractivity (Wildman–Crippen MR) is 86.7 cm³/mol. The molecule has 0 unspecified atom stereocenters. The van der Waals surface area contributed by atoms with Crippen LogP contribution in [-0.4, -0.2) is 22.0 Å². The summed E-state index contributed by atoms with van der Waals surface area (Å²) < 4.78 is 12.7. The topological polar surface area (TPSA) is 52.8 Å². The van der Waals surface area contributed by atoms with Crippen molar-refractivity contribution in [3.05, 3.63) is 65.6 Å². The Morgan fingerprint density at radius 2 is 2.00 bits per heavy atom. The van der Waals surface area contributed by atoms with Crippen LogP contribution in [0, 0.1) is 6.92 Å². The summed E-state index contributed by atoms with van der Waals surface area (Å²) in [5, 5.41) is 0. The summed E-state index contributed by atoms with van der Waals surface area (Å²) in [6.45, 7) is 4.51. The van der Waals surface area contributed by atoms with Gasteiger partial charge in [0, 0.05) is 12.4 Å². The third-order valence-corrected chi connectivity index (χ3v) is 3.41. The molecule has 23 heavy (non-hydrogen) atoms. The lowest BCUT2D eigenvalue weighted by atomic mass is 10.2. The molecule has 0 bridgehead atoms. The second-order valence-electron chi connectivity index (χ2n) is 5.21. The number of hydrogen-bond donors (Lipinski definition) is 0. The minimum Gasteiger partial charge on any atom is -0.493 e. The maximum atomic E-state index is 12.2. The Labute approximate surface area is 134 Å². The SMILES string of the molecule is CCOc1ccccc1C(=O)OCc1cn2cc(C)ccc2n1. The number of esters is 1. The van der Waals surface area contributed by atoms with Gasteiger partial charge in [-0.05, 0) is 37.6 Å². The zero-order valence-electron chi connectivity index (χ0n) is 13.2. The summed E-state index contributed by atoms with van der Waals surface area (Å²) in [6.07, 6.45) is 3.85. The average Bonchev–Trinajstić information content (AvgIpc) is 2.95. The maximum absolute atomic E-state index is 12.2. The molecular formula is C18H18N2O3. The summed E-state index contributed by atoms with van der Waals surface area (Å²) in [4.78, 5) is 16.7. The first kappa shape index (κ1) is 15.1. The molecule has 1 aromatic carbocycles. The summed E-state index contributed by atoms with van der Waals surface area (Å²) in [5.41, 5.74) is 3.10. The average molecular weight is 310 g/mol. The van der Waals surface area contributed by atoms with Crippen molar-refractivity contribution < 1.29 is 14.3 Å². The maximum Gasteiger partial charge on any atom is 0.342 e. The minimum absolute atomic E-state index is 0.125. The van der Waals surface area contributed by atoms with Crippen molar-refractivity contribution in [3.63, 3.8) is 0 Å². The number of carbonyl (C=O) groups excluding carboxylic acids is 1. The van der Waals surface area contributed by atoms with Crippen LogP contribution >= 0.6 is 0 Å². The van der Waals surface area contributed by atoms with E-state index in [4.69, 9.17) is 9.47 Å². The van der Waals surface area contributed by atoms with Crippen molar-refractivity contribution in [1.29, 1.82) is 0 Å². The molecule has 0 fully saturated rings. The van der Waals surface area contributed by atoms with Crippen molar-refractivity contribution in [3.8, 4) is 5.75 Å². The van der Waals surface area contributed by atoms with Crippen LogP contribution in [0.15, 0.2) is 48.8 Å². The molecule has 0 N–H and O–H groups in total. The lowest BCUT2D eigenvalue weighted by Gasteiger charge is -2.09. The summed E-state index contributed by atoms with van der Waals surface area (Å²) in [6, 6.07) is 11.0. The van der Waals surface area contributed by atoms with E-state index >= 15 is 0 Å². The zero-order chi connectivity index (χ0) is 16.2. The number of aromatic nitrogens is 2. The van der Waals surface area contributed by atoms with Crippen molar-refractivity contribution in [1.82, 2.24) is 9.38 Å². The van der Waals surface area contributed by atoms with Gasteiger partial charge in [-0.3, -0.25) is 0 Å². The number of hydrogen-bond acceptors (Lipinski definition) is 4. The Bertz CT molecular complexity index is 839. The molecule has 0 saturated carbocycles. The van der Waals surface area contributed by atoms with E-state index in [0.29, 0.717) is 23.6 Å². The highest BCUT2D eigenvalue weighted by Crippen LogP contribution is 2.19. The lowest BCUT2D eigenvalue weighted by Crippen LogP contribution is -2.08. The van der Waals surface area contributed by atoms with Crippen LogP contribution in [0.5, 0.6) is 5.75 Å². The number of benzene rings is 1. The first-order valence-electron chi connectivity index (χ1n) is 7.50. The fraction of sp³-hybridized carbons (Fsp3) is 0.222. The smallest absolute Gasteiger partial charge is 0.342 e. The first-order chi connectivity index (χ1) is 11.2. The molecule has 0 atom stereocenters. The van der Waals surface area contributed by atoms with E-state index in [-0.39, 0.29) is 6.61 Å². The first-order valence-corrected chi connectivity index (χ1v) is 7.50. The van der Waals surface area contributed by atoms with E-state index in [1.165, 1.54) is 0 Å². The van der Waals surface area contributed by atoms with Gasteiger partial charge in [0.1, 0.15) is 23.6 Å². The number of aryl methyl sites for hydroxylation is 1. The Morgan fingerprint density at radius 3 is 2.83 bits per heavy atom. The van der Waals surface area contributed by atoms with E-state index < -0.39 is 5.97 Å². The molecule has 5 heteroatoms. The van der Waals surface area contributed by atoms with Crippen molar-refractivity contribution in [2.45, 2.75) is 20.5 Å². The van der Waals surface area contributed by atoms with Gasteiger partial charge in [-0.25, -0.2) is 9.78 Å². The normalized spacial score (nSPS) is 10.7. The number of nitrogens with zero attached hydrogens (tertiary/aromatic N) is 2. The Hall–Kier alpha value is -2.82. The number of fused-ring (bicyclic) bond motifs is 1. The van der Waals surface area contributed by atoms with Crippen LogP contribution in [-0.2, 0) is 11.3 Å². The predicted octanol–water partition coefficient (Wildman–Crippen LogP) is 3.40. The van der Waals surface area contributed by atoms with Gasteiger partial charge in [-0.1, -0.05) is 18.2 Å². The second-order valence-corrected chi connectivity index (χ2v) is 5.21. The van der Waals surface area contributed by atoms with Crippen LogP contribution < -0.4 is 4.74 Å². The van der Waals surface area contributed by atoms with Gasteiger partial charge < -0.3 is 13.9 Å². The highest BCUT2D eigenvalue weighted by atomic mass is 16.5. The molecule has 0 aliphatic carbocycles. The Balaban J connectivity index is 1.73. The highest BCUT2D eigenvalue weighted by molar-refractivity contribution is 5.92. The molecular weight excluding hydrogens is 292 g/mol. The van der Waals surface area contributed by atoms with E-state index in [0.717, 1.165) is 11.2 Å². The molecule has 0 saturated heterocycles. The zero-order valence-corrected chi connectivity index (χ0v) is 13.2. The van der Waals surface area contributed by atoms with E-state index in [1.807, 2.05) is 48.8 Å². The number of carbonyl (C=O) groups is 1. The Morgan fingerprint density at radius 1 is 1.17 bits per heavy atom. The monoisotopic (exact) mass is 310 g/mol. The fourth-order valence-corrected chi connectivity index (χ4v) is 2.36. The highest BCUT2D eigenvalue weighted by Gasteiger charge is 2.14. The van der Waals surface area contributed by atoms with E-state index in [1.54, 1.807) is 18.2 Å². The molecule has 0 amide bonds. The molecule has 3 aromatic rings. The standard InChI is InChI=1S/C18H18N2O3/c1-3-22-16-7-5-4-6-15(16)18(21)23-12-14-11-20-10-13(2)8-9-17(20)19-14/h4-11H,3,12H2,1-2H3. The van der Waals surface area contributed by atoms with E-state index in [2.05, 4.69) is 4.98 Å². The van der Waals surface area contributed by atoms with Gasteiger partial charge in [0.15, 0.2) is 0 Å². The lowest BCUT2D eigenvalue weighted by molar-refractivity contribution is 0.0464. The Kier molecular flexibility index (Phi) is 4.28. The van der Waals surface area contributed by atoms with Crippen molar-refractivity contribution in [2.75, 3.05) is 6.61 Å². The third-order valence-electron chi connectivity index (χ3n) is 3.41. The largest absolute Gasteiger partial charge is 0.493 e. The number of imidazole rings is 1. The fourth-order valence-electron chi connectivity index (χ4n) is 2.36. The van der Waals surface area contributed by atoms with Crippen LogP contribution in [0.25, 0.3) is 5.65 Å². The van der Waals surface area contributed by atoms with Gasteiger partial charge in [0.05, 0.1) is 12.3 Å². The molecule has 0 spiro atoms. The summed E-state index contributed by atoms with van der Waals surface area (Å²) in [5.74, 6) is 0.118. The van der Waals surface area contributed by atoms with Crippen LogP contribution in [0.1, 0.15) is 28.5 Å². The quantitative estimate of drug-likeness (QED) is 0.678. The van der Waals surface area contributed by atoms with Crippen molar-refractivity contribution >= 4 is 11.6 Å². The van der Waals surface area contributed by atoms with Gasteiger partial charge in [0.2, 0.25) is 0 Å². The molecule has 3 rings (SSSR count). The van der Waals surface area contributed by atoms with Gasteiger partial charge in [-0.2, -0.15) is 0 Å². The van der Waals surface area contributed by atoms with E-state index in [9.17, 15) is 4.79 Å². The van der Waals surface area contributed by atoms with Crippen LogP contribution in [0.3, 0.4) is 0 Å².